The first kappa shape index (κ1) is 25.0. The van der Waals surface area contributed by atoms with Gasteiger partial charge in [-0.05, 0) is 55.7 Å². The second kappa shape index (κ2) is 11.1. The van der Waals surface area contributed by atoms with Gasteiger partial charge in [-0.15, -0.1) is 0 Å². The van der Waals surface area contributed by atoms with Crippen LogP contribution in [0.25, 0.3) is 0 Å². The zero-order chi connectivity index (χ0) is 24.9. The van der Waals surface area contributed by atoms with E-state index in [2.05, 4.69) is 15.5 Å². The summed E-state index contributed by atoms with van der Waals surface area (Å²) in [6.07, 6.45) is 2.67. The summed E-state index contributed by atoms with van der Waals surface area (Å²) in [4.78, 5) is 40.2. The molecule has 8 nitrogen and oxygen atoms in total. The van der Waals surface area contributed by atoms with Crippen LogP contribution in [0.15, 0.2) is 36.4 Å². The first-order valence-electron chi connectivity index (χ1n) is 11.9. The van der Waals surface area contributed by atoms with E-state index in [9.17, 15) is 19.5 Å². The van der Waals surface area contributed by atoms with Gasteiger partial charge in [0.05, 0.1) is 30.6 Å². The smallest absolute Gasteiger partial charge is 0.307 e. The van der Waals surface area contributed by atoms with Crippen molar-refractivity contribution in [2.24, 2.45) is 11.8 Å². The van der Waals surface area contributed by atoms with Crippen LogP contribution in [-0.2, 0) is 14.3 Å². The number of anilines is 3. The first-order valence-corrected chi connectivity index (χ1v) is 12.3. The molecule has 2 fully saturated rings. The van der Waals surface area contributed by atoms with Crippen molar-refractivity contribution in [3.63, 3.8) is 0 Å². The zero-order valence-corrected chi connectivity index (χ0v) is 20.4. The van der Waals surface area contributed by atoms with Crippen molar-refractivity contribution in [2.75, 3.05) is 41.8 Å². The molecule has 2 aliphatic rings. The number of nitrogens with one attached hydrogen (secondary N) is 2. The number of hydrogen-bond acceptors (Lipinski definition) is 5. The van der Waals surface area contributed by atoms with E-state index in [0.717, 1.165) is 24.1 Å². The highest BCUT2D eigenvalue weighted by molar-refractivity contribution is 6.31. The molecule has 3 N–H and O–H groups in total. The summed E-state index contributed by atoms with van der Waals surface area (Å²) in [7, 11) is 0. The van der Waals surface area contributed by atoms with E-state index in [0.29, 0.717) is 61.1 Å². The number of carbonyl (C=O) groups is 3. The lowest BCUT2D eigenvalue weighted by molar-refractivity contribution is -0.147. The number of hydrogen-bond donors (Lipinski definition) is 3. The summed E-state index contributed by atoms with van der Waals surface area (Å²) in [6.45, 7) is 4.29. The van der Waals surface area contributed by atoms with E-state index < -0.39 is 17.8 Å². The van der Waals surface area contributed by atoms with Crippen LogP contribution in [0.4, 0.5) is 17.1 Å². The lowest BCUT2D eigenvalue weighted by Crippen LogP contribution is -2.37. The summed E-state index contributed by atoms with van der Waals surface area (Å²) in [5.74, 6) is -2.87. The lowest BCUT2D eigenvalue weighted by Gasteiger charge is -2.31. The molecular weight excluding hydrogens is 470 g/mol. The minimum absolute atomic E-state index is 0.325. The van der Waals surface area contributed by atoms with Crippen molar-refractivity contribution in [1.29, 1.82) is 0 Å². The number of carbonyl (C=O) groups excluding carboxylic acids is 2. The Kier molecular flexibility index (Phi) is 7.93. The van der Waals surface area contributed by atoms with Gasteiger partial charge in [-0.1, -0.05) is 30.5 Å². The molecule has 0 radical (unpaired) electrons. The molecule has 0 bridgehead atoms. The van der Waals surface area contributed by atoms with Gasteiger partial charge in [-0.3, -0.25) is 14.4 Å². The number of morpholine rings is 1. The molecule has 0 spiro atoms. The van der Waals surface area contributed by atoms with Gasteiger partial charge < -0.3 is 25.4 Å². The highest BCUT2D eigenvalue weighted by Gasteiger charge is 2.35. The summed E-state index contributed by atoms with van der Waals surface area (Å²) in [6, 6.07) is 10.5. The van der Waals surface area contributed by atoms with Crippen LogP contribution in [0.1, 0.15) is 41.6 Å². The fourth-order valence-electron chi connectivity index (χ4n) is 4.77. The highest BCUT2D eigenvalue weighted by Crippen LogP contribution is 2.32. The molecule has 1 aliphatic heterocycles. The second-order valence-electron chi connectivity index (χ2n) is 9.07. The predicted octanol–water partition coefficient (Wildman–Crippen LogP) is 4.57. The van der Waals surface area contributed by atoms with Crippen LogP contribution in [-0.4, -0.2) is 49.2 Å². The van der Waals surface area contributed by atoms with Crippen molar-refractivity contribution < 1.29 is 24.2 Å². The van der Waals surface area contributed by atoms with Gasteiger partial charge in [0.15, 0.2) is 0 Å². The quantitative estimate of drug-likeness (QED) is 0.537. The molecule has 186 valence electrons. The molecule has 2 aromatic carbocycles. The Bertz CT molecular complexity index is 1120. The summed E-state index contributed by atoms with van der Waals surface area (Å²) in [5, 5.41) is 15.9. The SMILES string of the molecule is Cc1ccc(Cl)cc1NC(=O)c1cc(NC(=O)[C@H]2CCCC[C@H]2C(=O)O)ccc1N1CCOCC1. The maximum Gasteiger partial charge on any atom is 0.307 e. The minimum atomic E-state index is -0.940. The minimum Gasteiger partial charge on any atom is -0.481 e. The Labute approximate surface area is 209 Å². The van der Waals surface area contributed by atoms with Gasteiger partial charge in [0.1, 0.15) is 0 Å². The van der Waals surface area contributed by atoms with Gasteiger partial charge in [0, 0.05) is 35.2 Å². The van der Waals surface area contributed by atoms with E-state index >= 15 is 0 Å². The standard InChI is InChI=1S/C26H30ClN3O5/c1-16-6-7-17(27)14-22(16)29-25(32)21-15-18(8-9-23(21)30-10-12-35-13-11-30)28-24(31)19-4-2-3-5-20(19)26(33)34/h6-9,14-15,19-20H,2-5,10-13H2,1H3,(H,28,31)(H,29,32)(H,33,34)/t19-,20+/m0/s1. The molecule has 2 aromatic rings. The normalized spacial score (nSPS) is 20.2. The Morgan fingerprint density at radius 2 is 1.71 bits per heavy atom. The number of nitrogens with zero attached hydrogens (tertiary/aromatic N) is 1. The van der Waals surface area contributed by atoms with Gasteiger partial charge >= 0.3 is 5.97 Å². The first-order chi connectivity index (χ1) is 16.8. The molecule has 1 heterocycles. The van der Waals surface area contributed by atoms with Crippen LogP contribution in [0.2, 0.25) is 5.02 Å². The monoisotopic (exact) mass is 499 g/mol. The molecule has 1 aliphatic carbocycles. The largest absolute Gasteiger partial charge is 0.481 e. The van der Waals surface area contributed by atoms with Gasteiger partial charge in [-0.25, -0.2) is 0 Å². The van der Waals surface area contributed by atoms with Gasteiger partial charge in [-0.2, -0.15) is 0 Å². The van der Waals surface area contributed by atoms with Crippen molar-refractivity contribution in [1.82, 2.24) is 0 Å². The van der Waals surface area contributed by atoms with Crippen molar-refractivity contribution in [3.05, 3.63) is 52.5 Å². The van der Waals surface area contributed by atoms with Crippen molar-refractivity contribution >= 4 is 46.4 Å². The number of aliphatic carboxylic acids is 1. The number of amides is 2. The third-order valence-electron chi connectivity index (χ3n) is 6.73. The van der Waals surface area contributed by atoms with Gasteiger partial charge in [0.2, 0.25) is 5.91 Å². The Hall–Kier alpha value is -3.10. The summed E-state index contributed by atoms with van der Waals surface area (Å²) >= 11 is 6.13. The number of carboxylic acid groups (broad SMARTS) is 1. The number of benzene rings is 2. The second-order valence-corrected chi connectivity index (χ2v) is 9.51. The maximum atomic E-state index is 13.4. The lowest BCUT2D eigenvalue weighted by atomic mass is 9.78. The maximum absolute atomic E-state index is 13.4. The van der Waals surface area contributed by atoms with Crippen LogP contribution in [0.3, 0.4) is 0 Å². The van der Waals surface area contributed by atoms with Crippen LogP contribution in [0, 0.1) is 18.8 Å². The van der Waals surface area contributed by atoms with Crippen LogP contribution < -0.4 is 15.5 Å². The van der Waals surface area contributed by atoms with Crippen molar-refractivity contribution in [3.8, 4) is 0 Å². The third-order valence-corrected chi connectivity index (χ3v) is 6.96. The molecular formula is C26H30ClN3O5. The molecule has 1 saturated heterocycles. The highest BCUT2D eigenvalue weighted by atomic mass is 35.5. The average Bonchev–Trinajstić information content (AvgIpc) is 2.86. The van der Waals surface area contributed by atoms with Crippen LogP contribution in [0.5, 0.6) is 0 Å². The number of ether oxygens (including phenoxy) is 1. The average molecular weight is 500 g/mol. The molecule has 2 atom stereocenters. The predicted molar refractivity (Wildman–Crippen MR) is 135 cm³/mol. The number of carboxylic acids is 1. The molecule has 2 amide bonds. The molecule has 0 unspecified atom stereocenters. The number of rotatable bonds is 6. The fourth-order valence-corrected chi connectivity index (χ4v) is 4.94. The Morgan fingerprint density at radius 3 is 2.43 bits per heavy atom. The van der Waals surface area contributed by atoms with Crippen molar-refractivity contribution in [2.45, 2.75) is 32.6 Å². The number of aryl methyl sites for hydroxylation is 1. The molecule has 1 saturated carbocycles. The van der Waals surface area contributed by atoms with E-state index in [1.54, 1.807) is 24.3 Å². The summed E-state index contributed by atoms with van der Waals surface area (Å²) < 4.78 is 5.46. The topological polar surface area (TPSA) is 108 Å². The molecule has 4 rings (SSSR count). The van der Waals surface area contributed by atoms with E-state index in [1.807, 2.05) is 19.1 Å². The third kappa shape index (κ3) is 5.94. The Morgan fingerprint density at radius 1 is 1.00 bits per heavy atom. The molecule has 0 aromatic heterocycles. The van der Waals surface area contributed by atoms with Crippen LogP contribution >= 0.6 is 11.6 Å². The summed E-state index contributed by atoms with van der Waals surface area (Å²) in [5.41, 5.74) is 3.08. The van der Waals surface area contributed by atoms with E-state index in [-0.39, 0.29) is 11.8 Å². The van der Waals surface area contributed by atoms with E-state index in [4.69, 9.17) is 16.3 Å². The van der Waals surface area contributed by atoms with E-state index in [1.165, 1.54) is 0 Å². The zero-order valence-electron chi connectivity index (χ0n) is 19.7. The number of halogens is 1. The molecule has 35 heavy (non-hydrogen) atoms. The molecule has 9 heteroatoms. The fraction of sp³-hybridized carbons (Fsp3) is 0.423. The Balaban J connectivity index is 1.61. The van der Waals surface area contributed by atoms with Gasteiger partial charge in [0.25, 0.3) is 5.91 Å².